The van der Waals surface area contributed by atoms with Crippen LogP contribution in [0.2, 0.25) is 0 Å². The molecule has 174 valence electrons. The van der Waals surface area contributed by atoms with E-state index in [4.69, 9.17) is 9.47 Å². The first-order valence-corrected chi connectivity index (χ1v) is 11.8. The second kappa shape index (κ2) is 12.3. The predicted molar refractivity (Wildman–Crippen MR) is 125 cm³/mol. The third-order valence-electron chi connectivity index (χ3n) is 5.82. The van der Waals surface area contributed by atoms with Crippen molar-refractivity contribution in [1.82, 2.24) is 15.5 Å². The Kier molecular flexibility index (Phi) is 9.43. The van der Waals surface area contributed by atoms with Crippen LogP contribution in [-0.2, 0) is 11.2 Å². The molecule has 31 heavy (non-hydrogen) atoms. The lowest BCUT2D eigenvalue weighted by atomic mass is 10.1. The Bertz CT molecular complexity index is 666. The average Bonchev–Trinajstić information content (AvgIpc) is 3.27. The number of benzene rings is 1. The molecular weight excluding hydrogens is 392 g/mol. The first-order valence-electron chi connectivity index (χ1n) is 11.8. The lowest BCUT2D eigenvalue weighted by Gasteiger charge is -2.33. The van der Waals surface area contributed by atoms with Gasteiger partial charge in [0.2, 0.25) is 0 Å². The maximum Gasteiger partial charge on any atom is 0.191 e. The summed E-state index contributed by atoms with van der Waals surface area (Å²) in [6, 6.07) is 8.44. The highest BCUT2D eigenvalue weighted by molar-refractivity contribution is 5.79. The van der Waals surface area contributed by atoms with Gasteiger partial charge in [0.05, 0.1) is 31.5 Å². The summed E-state index contributed by atoms with van der Waals surface area (Å²) in [6.45, 7) is 9.61. The SMILES string of the molecule is CCNC(=NCC(C)(O)CN1CCOCC1)NCCc1ccc(OC2CCCC2)cc1. The fraction of sp³-hybridized carbons (Fsp3) is 0.708. The highest BCUT2D eigenvalue weighted by Gasteiger charge is 2.25. The van der Waals surface area contributed by atoms with Gasteiger partial charge < -0.3 is 25.2 Å². The van der Waals surface area contributed by atoms with Gasteiger partial charge in [-0.2, -0.15) is 0 Å². The molecule has 2 fully saturated rings. The zero-order valence-corrected chi connectivity index (χ0v) is 19.2. The molecule has 1 atom stereocenters. The summed E-state index contributed by atoms with van der Waals surface area (Å²) in [4.78, 5) is 6.86. The van der Waals surface area contributed by atoms with Gasteiger partial charge in [0, 0.05) is 32.7 Å². The van der Waals surface area contributed by atoms with Crippen molar-refractivity contribution in [1.29, 1.82) is 0 Å². The van der Waals surface area contributed by atoms with Gasteiger partial charge >= 0.3 is 0 Å². The van der Waals surface area contributed by atoms with Crippen molar-refractivity contribution in [2.75, 3.05) is 52.5 Å². The Morgan fingerprint density at radius 3 is 2.58 bits per heavy atom. The van der Waals surface area contributed by atoms with Crippen molar-refractivity contribution in [3.05, 3.63) is 29.8 Å². The van der Waals surface area contributed by atoms with Gasteiger partial charge in [-0.15, -0.1) is 0 Å². The van der Waals surface area contributed by atoms with Crippen LogP contribution in [0.15, 0.2) is 29.3 Å². The van der Waals surface area contributed by atoms with Gasteiger partial charge in [-0.1, -0.05) is 12.1 Å². The minimum Gasteiger partial charge on any atom is -0.490 e. The fourth-order valence-corrected chi connectivity index (χ4v) is 4.14. The number of guanidine groups is 1. The largest absolute Gasteiger partial charge is 0.490 e. The maximum atomic E-state index is 10.8. The van der Waals surface area contributed by atoms with Crippen LogP contribution in [0, 0.1) is 0 Å². The minimum absolute atomic E-state index is 0.354. The van der Waals surface area contributed by atoms with Crippen molar-refractivity contribution in [3.63, 3.8) is 0 Å². The van der Waals surface area contributed by atoms with E-state index in [9.17, 15) is 5.11 Å². The van der Waals surface area contributed by atoms with Crippen LogP contribution in [0.3, 0.4) is 0 Å². The van der Waals surface area contributed by atoms with Crippen LogP contribution < -0.4 is 15.4 Å². The van der Waals surface area contributed by atoms with Crippen molar-refractivity contribution in [3.8, 4) is 5.75 Å². The smallest absolute Gasteiger partial charge is 0.191 e. The summed E-state index contributed by atoms with van der Waals surface area (Å²) >= 11 is 0. The molecule has 1 aliphatic carbocycles. The molecule has 0 spiro atoms. The number of hydrogen-bond donors (Lipinski definition) is 3. The average molecular weight is 433 g/mol. The highest BCUT2D eigenvalue weighted by Crippen LogP contribution is 2.24. The van der Waals surface area contributed by atoms with Crippen LogP contribution in [0.1, 0.15) is 45.1 Å². The number of nitrogens with zero attached hydrogens (tertiary/aromatic N) is 2. The van der Waals surface area contributed by atoms with Crippen molar-refractivity contribution in [2.24, 2.45) is 4.99 Å². The zero-order valence-electron chi connectivity index (χ0n) is 19.2. The number of rotatable bonds is 10. The van der Waals surface area contributed by atoms with Crippen LogP contribution in [0.5, 0.6) is 5.75 Å². The molecule has 1 unspecified atom stereocenters. The van der Waals surface area contributed by atoms with Crippen LogP contribution in [0.25, 0.3) is 0 Å². The molecule has 7 heteroatoms. The van der Waals surface area contributed by atoms with Crippen molar-refractivity contribution < 1.29 is 14.6 Å². The Balaban J connectivity index is 1.42. The van der Waals surface area contributed by atoms with Gasteiger partial charge in [-0.25, -0.2) is 0 Å². The van der Waals surface area contributed by atoms with Gasteiger partial charge in [0.25, 0.3) is 0 Å². The molecule has 7 nitrogen and oxygen atoms in total. The number of ether oxygens (including phenoxy) is 2. The Morgan fingerprint density at radius 1 is 1.19 bits per heavy atom. The molecule has 1 saturated heterocycles. The van der Waals surface area contributed by atoms with Crippen molar-refractivity contribution in [2.45, 2.75) is 57.7 Å². The third-order valence-corrected chi connectivity index (χ3v) is 5.82. The molecule has 1 heterocycles. The summed E-state index contributed by atoms with van der Waals surface area (Å²) in [5, 5.41) is 17.4. The summed E-state index contributed by atoms with van der Waals surface area (Å²) in [7, 11) is 0. The minimum atomic E-state index is -0.866. The topological polar surface area (TPSA) is 78.4 Å². The van der Waals surface area contributed by atoms with Crippen LogP contribution in [-0.4, -0.2) is 80.2 Å². The molecule has 2 aliphatic rings. The van der Waals surface area contributed by atoms with Crippen molar-refractivity contribution >= 4 is 5.96 Å². The lowest BCUT2D eigenvalue weighted by molar-refractivity contribution is -0.0179. The number of aliphatic hydroxyl groups is 1. The molecule has 3 rings (SSSR count). The van der Waals surface area contributed by atoms with E-state index < -0.39 is 5.60 Å². The second-order valence-corrected chi connectivity index (χ2v) is 8.93. The molecule has 1 saturated carbocycles. The monoisotopic (exact) mass is 432 g/mol. The molecule has 1 aromatic rings. The summed E-state index contributed by atoms with van der Waals surface area (Å²) in [5.41, 5.74) is 0.399. The first kappa shape index (κ1) is 23.8. The van der Waals surface area contributed by atoms with E-state index >= 15 is 0 Å². The van der Waals surface area contributed by atoms with Crippen LogP contribution >= 0.6 is 0 Å². The molecule has 0 bridgehead atoms. The van der Waals surface area contributed by atoms with Crippen LogP contribution in [0.4, 0.5) is 0 Å². The van der Waals surface area contributed by atoms with E-state index in [-0.39, 0.29) is 0 Å². The summed E-state index contributed by atoms with van der Waals surface area (Å²) in [6.07, 6.45) is 6.22. The zero-order chi connectivity index (χ0) is 21.9. The molecular formula is C24H40N4O3. The van der Waals surface area contributed by atoms with E-state index in [1.54, 1.807) is 0 Å². The van der Waals surface area contributed by atoms with E-state index in [2.05, 4.69) is 44.8 Å². The standard InChI is InChI=1S/C24H40N4O3/c1-3-25-23(27-18-24(2,29)19-28-14-16-30-17-15-28)26-13-12-20-8-10-22(11-9-20)31-21-6-4-5-7-21/h8-11,21,29H,3-7,12-19H2,1-2H3,(H2,25,26,27). The normalized spacial score (nSPS) is 20.4. The van der Waals surface area contributed by atoms with Gasteiger partial charge in [0.1, 0.15) is 5.75 Å². The van der Waals surface area contributed by atoms with E-state index in [0.717, 1.165) is 57.5 Å². The summed E-state index contributed by atoms with van der Waals surface area (Å²) < 4.78 is 11.4. The first-order chi connectivity index (χ1) is 15.0. The van der Waals surface area contributed by atoms with Gasteiger partial charge in [-0.3, -0.25) is 9.89 Å². The molecule has 1 aromatic carbocycles. The van der Waals surface area contributed by atoms with E-state index in [1.807, 2.05) is 13.8 Å². The van der Waals surface area contributed by atoms with Gasteiger partial charge in [0.15, 0.2) is 5.96 Å². The lowest BCUT2D eigenvalue weighted by Crippen LogP contribution is -2.48. The third kappa shape index (κ3) is 8.67. The number of morpholine rings is 1. The predicted octanol–water partition coefficient (Wildman–Crippen LogP) is 2.19. The summed E-state index contributed by atoms with van der Waals surface area (Å²) in [5.74, 6) is 1.71. The molecule has 0 amide bonds. The highest BCUT2D eigenvalue weighted by atomic mass is 16.5. The quantitative estimate of drug-likeness (QED) is 0.389. The molecule has 0 aromatic heterocycles. The molecule has 3 N–H and O–H groups in total. The fourth-order valence-electron chi connectivity index (χ4n) is 4.14. The van der Waals surface area contributed by atoms with E-state index in [0.29, 0.717) is 19.2 Å². The number of hydrogen-bond acceptors (Lipinski definition) is 5. The Morgan fingerprint density at radius 2 is 1.90 bits per heavy atom. The van der Waals surface area contributed by atoms with Gasteiger partial charge in [-0.05, 0) is 63.6 Å². The second-order valence-electron chi connectivity index (χ2n) is 8.93. The Labute approximate surface area is 187 Å². The molecule has 1 aliphatic heterocycles. The van der Waals surface area contributed by atoms with E-state index in [1.165, 1.54) is 31.2 Å². The Hall–Kier alpha value is -1.83. The maximum absolute atomic E-state index is 10.8. The number of aliphatic imine (C=N–C) groups is 1. The number of nitrogens with one attached hydrogen (secondary N) is 2. The molecule has 0 radical (unpaired) electrons. The number of β-amino-alcohol motifs (C(OH)–C–C–N with tert-alkyl or cyclic N) is 1.